The number of nitrogens with zero attached hydrogens (tertiary/aromatic N) is 3. The summed E-state index contributed by atoms with van der Waals surface area (Å²) in [4.78, 5) is 0. The minimum atomic E-state index is -4.92. The van der Waals surface area contributed by atoms with Gasteiger partial charge in [0, 0.05) is 0 Å². The number of alkyl halides is 3. The SMILES string of the molecule is N#Cc1nn(-c2c(Cl)ccc(OC(F)(F)F)c2Cl)c(N)c1I. The van der Waals surface area contributed by atoms with E-state index in [1.807, 2.05) is 0 Å². The summed E-state index contributed by atoms with van der Waals surface area (Å²) in [6, 6.07) is 3.93. The minimum Gasteiger partial charge on any atom is -0.404 e. The summed E-state index contributed by atoms with van der Waals surface area (Å²) >= 11 is 13.7. The number of aromatic nitrogens is 2. The Labute approximate surface area is 145 Å². The number of hydrogen-bond acceptors (Lipinski definition) is 4. The van der Waals surface area contributed by atoms with Gasteiger partial charge in [0.25, 0.3) is 0 Å². The van der Waals surface area contributed by atoms with Gasteiger partial charge in [-0.3, -0.25) is 0 Å². The van der Waals surface area contributed by atoms with Crippen molar-refractivity contribution in [3.05, 3.63) is 31.4 Å². The van der Waals surface area contributed by atoms with Gasteiger partial charge in [0.15, 0.2) is 5.69 Å². The van der Waals surface area contributed by atoms with Crippen LogP contribution in [0.1, 0.15) is 5.69 Å². The number of anilines is 1. The summed E-state index contributed by atoms with van der Waals surface area (Å²) < 4.78 is 42.2. The van der Waals surface area contributed by atoms with Crippen LogP contribution in [0.25, 0.3) is 5.69 Å². The minimum absolute atomic E-state index is 0.00499. The molecule has 1 aromatic heterocycles. The fraction of sp³-hybridized carbons (Fsp3) is 0.0909. The normalized spacial score (nSPS) is 11.3. The predicted octanol–water partition coefficient (Wildman–Crippen LogP) is 4.14. The molecule has 11 heteroatoms. The average Bonchev–Trinajstić information content (AvgIpc) is 2.69. The standard InChI is InChI=1S/C11H4Cl2F3IN4O/c12-4-1-2-6(22-11(14,15)16)7(13)9(4)21-10(19)8(17)5(3-18)20-21/h1-2H,19H2. The Balaban J connectivity index is 2.66. The van der Waals surface area contributed by atoms with Crippen LogP contribution in [-0.4, -0.2) is 16.1 Å². The number of halogens is 6. The summed E-state index contributed by atoms with van der Waals surface area (Å²) in [5, 5.41) is 12.4. The maximum Gasteiger partial charge on any atom is 0.573 e. The number of benzene rings is 1. The highest BCUT2D eigenvalue weighted by molar-refractivity contribution is 14.1. The van der Waals surface area contributed by atoms with Gasteiger partial charge in [-0.2, -0.15) is 10.4 Å². The van der Waals surface area contributed by atoms with Crippen molar-refractivity contribution in [2.75, 3.05) is 5.73 Å². The van der Waals surface area contributed by atoms with Crippen molar-refractivity contribution >= 4 is 51.6 Å². The quantitative estimate of drug-likeness (QED) is 0.680. The van der Waals surface area contributed by atoms with Crippen molar-refractivity contribution in [1.82, 2.24) is 9.78 Å². The van der Waals surface area contributed by atoms with Gasteiger partial charge in [-0.05, 0) is 34.7 Å². The third-order valence-corrected chi connectivity index (χ3v) is 4.17. The first-order chi connectivity index (χ1) is 10.2. The topological polar surface area (TPSA) is 76.9 Å². The first-order valence-electron chi connectivity index (χ1n) is 5.34. The molecule has 0 spiro atoms. The zero-order valence-electron chi connectivity index (χ0n) is 10.2. The molecule has 0 amide bonds. The largest absolute Gasteiger partial charge is 0.573 e. The monoisotopic (exact) mass is 462 g/mol. The lowest BCUT2D eigenvalue weighted by Gasteiger charge is -2.14. The molecule has 2 aromatic rings. The fourth-order valence-corrected chi connectivity index (χ4v) is 2.60. The van der Waals surface area contributed by atoms with Gasteiger partial charge < -0.3 is 10.5 Å². The van der Waals surface area contributed by atoms with E-state index in [1.165, 1.54) is 0 Å². The summed E-state index contributed by atoms with van der Waals surface area (Å²) in [7, 11) is 0. The highest BCUT2D eigenvalue weighted by Crippen LogP contribution is 2.39. The Morgan fingerprint density at radius 3 is 2.50 bits per heavy atom. The van der Waals surface area contributed by atoms with E-state index in [2.05, 4.69) is 9.84 Å². The lowest BCUT2D eigenvalue weighted by molar-refractivity contribution is -0.274. The number of hydrogen-bond donors (Lipinski definition) is 1. The zero-order chi connectivity index (χ0) is 16.7. The van der Waals surface area contributed by atoms with Crippen molar-refractivity contribution in [2.45, 2.75) is 6.36 Å². The smallest absolute Gasteiger partial charge is 0.404 e. The number of nitrogens with two attached hydrogens (primary N) is 1. The molecule has 0 radical (unpaired) electrons. The molecular formula is C11H4Cl2F3IN4O. The van der Waals surface area contributed by atoms with E-state index >= 15 is 0 Å². The molecule has 0 unspecified atom stereocenters. The lowest BCUT2D eigenvalue weighted by Crippen LogP contribution is -2.18. The molecule has 0 fully saturated rings. The van der Waals surface area contributed by atoms with Crippen molar-refractivity contribution in [3.8, 4) is 17.5 Å². The molecule has 0 aliphatic rings. The molecule has 116 valence electrons. The van der Waals surface area contributed by atoms with Crippen molar-refractivity contribution in [3.63, 3.8) is 0 Å². The van der Waals surface area contributed by atoms with E-state index in [9.17, 15) is 13.2 Å². The second kappa shape index (κ2) is 6.02. The van der Waals surface area contributed by atoms with Gasteiger partial charge in [-0.1, -0.05) is 23.2 Å². The van der Waals surface area contributed by atoms with E-state index in [1.54, 1.807) is 28.7 Å². The molecule has 0 aliphatic heterocycles. The lowest BCUT2D eigenvalue weighted by atomic mass is 10.3. The summed E-state index contributed by atoms with van der Waals surface area (Å²) in [6.45, 7) is 0. The Morgan fingerprint density at radius 1 is 1.36 bits per heavy atom. The maximum atomic E-state index is 12.4. The van der Waals surface area contributed by atoms with Gasteiger partial charge in [-0.25, -0.2) is 4.68 Å². The van der Waals surface area contributed by atoms with Crippen LogP contribution in [-0.2, 0) is 0 Å². The van der Waals surface area contributed by atoms with Gasteiger partial charge in [0.1, 0.15) is 28.3 Å². The second-order valence-electron chi connectivity index (χ2n) is 3.83. The molecule has 0 aliphatic carbocycles. The molecule has 0 saturated heterocycles. The van der Waals surface area contributed by atoms with E-state index in [0.717, 1.165) is 16.8 Å². The Kier molecular flexibility index (Phi) is 4.65. The predicted molar refractivity (Wildman–Crippen MR) is 82.1 cm³/mol. The van der Waals surface area contributed by atoms with E-state index in [-0.39, 0.29) is 22.2 Å². The van der Waals surface area contributed by atoms with Crippen LogP contribution in [0.2, 0.25) is 10.0 Å². The zero-order valence-corrected chi connectivity index (χ0v) is 13.9. The van der Waals surface area contributed by atoms with E-state index in [4.69, 9.17) is 34.2 Å². The van der Waals surface area contributed by atoms with Crippen LogP contribution < -0.4 is 10.5 Å². The van der Waals surface area contributed by atoms with E-state index in [0.29, 0.717) is 3.57 Å². The summed E-state index contributed by atoms with van der Waals surface area (Å²) in [5.41, 5.74) is 5.67. The number of nitriles is 1. The molecule has 0 atom stereocenters. The summed E-state index contributed by atoms with van der Waals surface area (Å²) in [5.74, 6) is -0.637. The van der Waals surface area contributed by atoms with Crippen LogP contribution in [0.5, 0.6) is 5.75 Å². The number of nitrogen functional groups attached to an aromatic ring is 1. The van der Waals surface area contributed by atoms with Gasteiger partial charge >= 0.3 is 6.36 Å². The molecule has 2 N–H and O–H groups in total. The average molecular weight is 463 g/mol. The van der Waals surface area contributed by atoms with Crippen LogP contribution in [0.4, 0.5) is 19.0 Å². The fourth-order valence-electron chi connectivity index (χ4n) is 1.57. The Hall–Kier alpha value is -1.38. The third kappa shape index (κ3) is 3.18. The molecule has 2 rings (SSSR count). The number of ether oxygens (including phenoxy) is 1. The van der Waals surface area contributed by atoms with Crippen LogP contribution in [0.3, 0.4) is 0 Å². The van der Waals surface area contributed by atoms with Crippen molar-refractivity contribution < 1.29 is 17.9 Å². The van der Waals surface area contributed by atoms with Crippen molar-refractivity contribution in [2.24, 2.45) is 0 Å². The second-order valence-corrected chi connectivity index (χ2v) is 5.69. The van der Waals surface area contributed by atoms with E-state index < -0.39 is 17.1 Å². The van der Waals surface area contributed by atoms with Gasteiger partial charge in [0.05, 0.1) is 8.59 Å². The van der Waals surface area contributed by atoms with Crippen LogP contribution in [0, 0.1) is 14.9 Å². The molecule has 0 bridgehead atoms. The Morgan fingerprint density at radius 2 is 2.00 bits per heavy atom. The first kappa shape index (κ1) is 17.0. The van der Waals surface area contributed by atoms with Gasteiger partial charge in [-0.15, -0.1) is 13.2 Å². The molecule has 5 nitrogen and oxygen atoms in total. The van der Waals surface area contributed by atoms with Crippen LogP contribution >= 0.6 is 45.8 Å². The summed E-state index contributed by atoms with van der Waals surface area (Å²) in [6.07, 6.45) is -4.92. The molecule has 1 aromatic carbocycles. The maximum absolute atomic E-state index is 12.4. The number of rotatable bonds is 2. The molecule has 0 saturated carbocycles. The van der Waals surface area contributed by atoms with Crippen LogP contribution in [0.15, 0.2) is 12.1 Å². The van der Waals surface area contributed by atoms with Gasteiger partial charge in [0.2, 0.25) is 0 Å². The third-order valence-electron chi connectivity index (χ3n) is 2.44. The highest BCUT2D eigenvalue weighted by Gasteiger charge is 2.33. The first-order valence-corrected chi connectivity index (χ1v) is 7.17. The molecule has 22 heavy (non-hydrogen) atoms. The molecular weight excluding hydrogens is 459 g/mol. The molecule has 1 heterocycles. The van der Waals surface area contributed by atoms with Crippen molar-refractivity contribution in [1.29, 1.82) is 5.26 Å². The highest BCUT2D eigenvalue weighted by atomic mass is 127. The Bertz CT molecular complexity index is 785.